The fourth-order valence-electron chi connectivity index (χ4n) is 16.2. The number of nitrogens with one attached hydrogen (secondary N) is 2. The van der Waals surface area contributed by atoms with Crippen molar-refractivity contribution in [2.24, 2.45) is 41.7 Å². The van der Waals surface area contributed by atoms with E-state index in [1.165, 1.54) is 55.7 Å². The number of likely N-dealkylation sites (N-methyl/N-ethyl adjacent to an activating group) is 4. The van der Waals surface area contributed by atoms with Gasteiger partial charge in [-0.05, 0) is 221 Å². The number of hydrogen-bond donors (Lipinski definition) is 2. The molecule has 16 rings (SSSR count). The predicted molar refractivity (Wildman–Crippen MR) is 594 cm³/mol. The molecule has 0 saturated carbocycles. The summed E-state index contributed by atoms with van der Waals surface area (Å²) in [5, 5.41) is 70.0. The van der Waals surface area contributed by atoms with Crippen LogP contribution in [0.5, 0.6) is 0 Å². The molecule has 0 spiro atoms. The number of amides is 5. The van der Waals surface area contributed by atoms with Crippen molar-refractivity contribution in [1.82, 2.24) is 23.4 Å². The van der Waals surface area contributed by atoms with Gasteiger partial charge in [-0.3, -0.25) is 24.0 Å². The van der Waals surface area contributed by atoms with Crippen LogP contribution < -0.4 is 50.2 Å². The molecular weight excluding hydrogens is 1860 g/mol. The topological polar surface area (TPSA) is 329 Å². The van der Waals surface area contributed by atoms with Crippen LogP contribution in [0, 0.1) is 53.8 Å². The minimum atomic E-state index is -0.307. The van der Waals surface area contributed by atoms with Crippen molar-refractivity contribution in [3.63, 3.8) is 0 Å². The quantitative estimate of drug-likeness (QED) is 0.0289. The van der Waals surface area contributed by atoms with E-state index in [2.05, 4.69) is 208 Å². The number of fused-ring (bicyclic) bond motifs is 1. The highest BCUT2D eigenvalue weighted by Gasteiger charge is 2.41. The third-order valence-electron chi connectivity index (χ3n) is 24.1. The number of aryl methyl sites for hydroxylation is 2. The number of rotatable bonds is 26. The van der Waals surface area contributed by atoms with Gasteiger partial charge in [-0.25, -0.2) is 0 Å². The van der Waals surface area contributed by atoms with Gasteiger partial charge in [0.1, 0.15) is 46.3 Å². The average Bonchev–Trinajstić information content (AvgIpc) is 1.59. The molecule has 5 amide bonds. The third kappa shape index (κ3) is 26.2. The molecule has 0 unspecified atom stereocenters. The summed E-state index contributed by atoms with van der Waals surface area (Å²) >= 11 is 2.25. The van der Waals surface area contributed by atoms with Gasteiger partial charge in [0.2, 0.25) is 11.8 Å². The standard InChI is InChI=1S/C25H28N4O.C24H26N6OS.C22H22N6OS.C22H26N4O.C21H21N5O/c1-6-28-21-15-11-10-14-20(21)25(2,3)22(28)17-16-19-23(27(4)5)26-29(24(19)30)18-12-8-7-9-13-18;1-5-30(15-18-9-7-6-8-10-18)19-11-12-21(22(13-19)26-23(31)16(2)3)27-28-24-20(14-25)17(4)29-32-24;1-4-28(14-17-8-6-5-7-9-17)18-10-11-20(21(12-18)24-16(3)29)25-26-22-19(13-23)15(2)27-30-22;1-5-25(6-2)18-14-12-17(13-15-18)16-20-21(24(3)4)23-26(22(20)27)19-10-8-7-9-11-19;1-24(2)16-12-10-15(11-13-16)18(14-22)19-20(25(3)4)23-26(21(19)27)17-8-6-5-7-9-17/h7-17H,6H2,1-5H3;6-13,16H,5,15H2,1-4H3,(H,26,31);5-12H,4,14H2,1-3H3,(H,24,29);7-16H,5-6H2,1-4H3;5-13H,1-4H3/b19-16+,22-17-;;;20-16-;19-18-. The lowest BCUT2D eigenvalue weighted by atomic mass is 9.83. The first-order valence-electron chi connectivity index (χ1n) is 48.0. The van der Waals surface area contributed by atoms with E-state index in [1.807, 2.05) is 297 Å². The maximum absolute atomic E-state index is 13.2. The molecule has 146 heavy (non-hydrogen) atoms. The molecule has 0 fully saturated rings. The van der Waals surface area contributed by atoms with Crippen LogP contribution in [0.4, 0.5) is 78.3 Å². The Morgan fingerprint density at radius 2 is 0.863 bits per heavy atom. The Hall–Kier alpha value is -17.2. The van der Waals surface area contributed by atoms with Crippen LogP contribution in [0.3, 0.4) is 0 Å². The van der Waals surface area contributed by atoms with Gasteiger partial charge in [0, 0.05) is 155 Å². The van der Waals surface area contributed by atoms with Crippen LogP contribution >= 0.6 is 23.1 Å². The Morgan fingerprint density at radius 3 is 1.28 bits per heavy atom. The van der Waals surface area contributed by atoms with Gasteiger partial charge in [-0.15, -0.1) is 35.8 Å². The first kappa shape index (κ1) is 108. The highest BCUT2D eigenvalue weighted by molar-refractivity contribution is 7.10. The zero-order valence-corrected chi connectivity index (χ0v) is 87.9. The third-order valence-corrected chi connectivity index (χ3v) is 25.7. The number of hydrazone groups is 3. The Balaban J connectivity index is 0.000000163. The average molecular weight is 1990 g/mol. The Labute approximate surface area is 864 Å². The summed E-state index contributed by atoms with van der Waals surface area (Å²) in [4.78, 5) is 80.1. The summed E-state index contributed by atoms with van der Waals surface area (Å²) in [6, 6.07) is 90.9. The van der Waals surface area contributed by atoms with Gasteiger partial charge in [0.05, 0.1) is 56.5 Å². The van der Waals surface area contributed by atoms with Crippen LogP contribution in [0.25, 0.3) is 11.6 Å². The lowest BCUT2D eigenvalue weighted by molar-refractivity contribution is -0.119. The second-order valence-corrected chi connectivity index (χ2v) is 37.2. The molecule has 2 aromatic heterocycles. The smallest absolute Gasteiger partial charge is 0.283 e. The predicted octanol–water partition coefficient (Wildman–Crippen LogP) is 23.4. The number of allylic oxidation sites excluding steroid dienone is 4. The van der Waals surface area contributed by atoms with Crippen molar-refractivity contribution in [1.29, 1.82) is 15.8 Å². The Kier molecular flexibility index (Phi) is 37.2. The summed E-state index contributed by atoms with van der Waals surface area (Å²) in [6.07, 6.45) is 5.93. The van der Waals surface area contributed by atoms with Gasteiger partial charge in [0.25, 0.3) is 17.7 Å². The lowest BCUT2D eigenvalue weighted by Crippen LogP contribution is -2.27. The van der Waals surface area contributed by atoms with Crippen LogP contribution in [-0.2, 0) is 42.5 Å². The molecule has 0 radical (unpaired) electrons. The maximum atomic E-state index is 13.2. The molecule has 0 bridgehead atoms. The van der Waals surface area contributed by atoms with Crippen LogP contribution in [0.2, 0.25) is 0 Å². The number of benzene rings is 10. The highest BCUT2D eigenvalue weighted by atomic mass is 32.1. The summed E-state index contributed by atoms with van der Waals surface area (Å²) in [5.74, 6) is 0.793. The van der Waals surface area contributed by atoms with Gasteiger partial charge in [-0.1, -0.05) is 185 Å². The number of amidine groups is 3. The van der Waals surface area contributed by atoms with E-state index in [-0.39, 0.29) is 40.9 Å². The molecule has 32 heteroatoms. The number of nitriles is 3. The molecule has 746 valence electrons. The minimum absolute atomic E-state index is 0.101. The van der Waals surface area contributed by atoms with Gasteiger partial charge < -0.3 is 49.8 Å². The molecule has 12 aromatic rings. The van der Waals surface area contributed by atoms with E-state index in [0.717, 1.165) is 103 Å². The van der Waals surface area contributed by atoms with E-state index >= 15 is 0 Å². The van der Waals surface area contributed by atoms with Crippen molar-refractivity contribution in [3.8, 4) is 18.2 Å². The van der Waals surface area contributed by atoms with Crippen molar-refractivity contribution < 1.29 is 24.0 Å². The summed E-state index contributed by atoms with van der Waals surface area (Å²) in [5.41, 5.74) is 20.1. The van der Waals surface area contributed by atoms with E-state index < -0.39 is 0 Å². The summed E-state index contributed by atoms with van der Waals surface area (Å²) in [7, 11) is 15.2. The normalized spacial score (nSPS) is 14.4. The van der Waals surface area contributed by atoms with E-state index in [9.17, 15) is 39.8 Å². The zero-order chi connectivity index (χ0) is 105. The van der Waals surface area contributed by atoms with E-state index in [4.69, 9.17) is 0 Å². The molecule has 0 atom stereocenters. The minimum Gasteiger partial charge on any atom is -0.378 e. The molecule has 0 saturated heterocycles. The molecule has 6 heterocycles. The molecule has 10 aromatic carbocycles. The fourth-order valence-corrected chi connectivity index (χ4v) is 17.6. The van der Waals surface area contributed by atoms with Gasteiger partial charge in [0.15, 0.2) is 27.5 Å². The number of carbonyl (C=O) groups is 5. The van der Waals surface area contributed by atoms with E-state index in [0.29, 0.717) is 106 Å². The monoisotopic (exact) mass is 1990 g/mol. The first-order chi connectivity index (χ1) is 70.3. The van der Waals surface area contributed by atoms with Crippen molar-refractivity contribution in [3.05, 3.63) is 346 Å². The van der Waals surface area contributed by atoms with Crippen molar-refractivity contribution >= 4 is 160 Å². The van der Waals surface area contributed by atoms with Gasteiger partial charge >= 0.3 is 0 Å². The fraction of sp³-hybridized carbons (Fsp3) is 0.254. The molecule has 4 aliphatic heterocycles. The summed E-state index contributed by atoms with van der Waals surface area (Å²) < 4.78 is 8.32. The lowest BCUT2D eigenvalue weighted by Gasteiger charge is -2.26. The number of carbonyl (C=O) groups excluding carboxylic acids is 5. The number of aromatic nitrogens is 2. The molecule has 0 aliphatic carbocycles. The molecular formula is C114H123N25O5S2. The van der Waals surface area contributed by atoms with Crippen molar-refractivity contribution in [2.75, 3.05) is 139 Å². The van der Waals surface area contributed by atoms with Crippen molar-refractivity contribution in [2.45, 2.75) is 102 Å². The zero-order valence-electron chi connectivity index (χ0n) is 86.2. The second kappa shape index (κ2) is 50.5. The molecule has 30 nitrogen and oxygen atoms in total. The maximum Gasteiger partial charge on any atom is 0.283 e. The Bertz CT molecular complexity index is 7060. The molecule has 4 aliphatic rings. The van der Waals surface area contributed by atoms with Crippen LogP contribution in [-0.4, -0.2) is 160 Å². The highest BCUT2D eigenvalue weighted by Crippen LogP contribution is 2.48. The van der Waals surface area contributed by atoms with Gasteiger partial charge in [-0.2, -0.15) is 39.6 Å². The Morgan fingerprint density at radius 1 is 0.459 bits per heavy atom. The number of azo groups is 2. The van der Waals surface area contributed by atoms with Crippen LogP contribution in [0.1, 0.15) is 120 Å². The molecule has 2 N–H and O–H groups in total. The number of nitrogens with zero attached hydrogens (tertiary/aromatic N) is 23. The summed E-state index contributed by atoms with van der Waals surface area (Å²) in [6.45, 7) is 29.7. The van der Waals surface area contributed by atoms with Crippen LogP contribution in [0.15, 0.2) is 331 Å². The van der Waals surface area contributed by atoms with E-state index in [1.54, 1.807) is 18.7 Å². The second-order valence-electron chi connectivity index (χ2n) is 35.7. The largest absolute Gasteiger partial charge is 0.378 e. The SMILES string of the molecule is CCN(CC)c1ccc(/C=C2\C(=O)N(c3ccccc3)N=C2N(C)C)cc1.CCN(Cc1ccccc1)c1ccc(N=Nc2snc(C)c2C#N)c(NC(=O)C(C)C)c1.CCN(Cc1ccccc1)c1ccc(N=Nc2snc(C)c2C#N)c(NC(C)=O)c1.CCN1/C(=C\C=C2\C(=O)N(c3ccccc3)N=C2N(C)C)C(C)(C)c2ccccc21.CN(C)C1=NN(c2ccccc2)C(=O)/C1=C(/C#N)c1ccc(N(C)C)cc1. The first-order valence-corrected chi connectivity index (χ1v) is 49.6. The number of anilines is 10. The number of hydrogen-bond acceptors (Lipinski definition) is 27. The number of para-hydroxylation sites is 4.